The summed E-state index contributed by atoms with van der Waals surface area (Å²) in [5.74, 6) is 0.857. The molecule has 4 atom stereocenters. The van der Waals surface area contributed by atoms with Crippen LogP contribution in [0.3, 0.4) is 0 Å². The molecule has 6 heteroatoms. The maximum absolute atomic E-state index is 6.24. The summed E-state index contributed by atoms with van der Waals surface area (Å²) in [5, 5.41) is 3.16. The van der Waals surface area contributed by atoms with Gasteiger partial charge in [0, 0.05) is 29.2 Å². The number of hydrogen-bond donors (Lipinski definition) is 0. The van der Waals surface area contributed by atoms with Crippen molar-refractivity contribution in [1.29, 1.82) is 0 Å². The van der Waals surface area contributed by atoms with Gasteiger partial charge >= 0.3 is 0 Å². The Morgan fingerprint density at radius 3 is 2.55 bits per heavy atom. The molecule has 0 radical (unpaired) electrons. The highest BCUT2D eigenvalue weighted by molar-refractivity contribution is 7.15. The van der Waals surface area contributed by atoms with E-state index in [1.807, 2.05) is 36.5 Å². The molecule has 0 N–H and O–H groups in total. The quantitative estimate of drug-likeness (QED) is 0.399. The van der Waals surface area contributed by atoms with Gasteiger partial charge in [0.1, 0.15) is 0 Å². The van der Waals surface area contributed by atoms with Crippen molar-refractivity contribution in [2.45, 2.75) is 43.2 Å². The smallest absolute Gasteiger partial charge is 0.0983 e. The van der Waals surface area contributed by atoms with Crippen LogP contribution in [0.4, 0.5) is 0 Å². The van der Waals surface area contributed by atoms with Crippen molar-refractivity contribution in [3.8, 4) is 10.4 Å². The van der Waals surface area contributed by atoms with Gasteiger partial charge in [0.05, 0.1) is 19.9 Å². The molecule has 0 unspecified atom stereocenters. The van der Waals surface area contributed by atoms with E-state index in [0.717, 1.165) is 15.5 Å². The number of halogens is 3. The van der Waals surface area contributed by atoms with E-state index in [1.54, 1.807) is 11.3 Å². The molecule has 0 amide bonds. The first-order chi connectivity index (χ1) is 14.0. The molecule has 29 heavy (non-hydrogen) atoms. The third-order valence-corrected chi connectivity index (χ3v) is 8.72. The molecule has 1 aromatic heterocycles. The number of fused-ring (bicyclic) bond motifs is 2. The first-order valence-electron chi connectivity index (χ1n) is 9.90. The van der Waals surface area contributed by atoms with E-state index >= 15 is 0 Å². The Hall–Kier alpha value is -1.10. The predicted octanol–water partition coefficient (Wildman–Crippen LogP) is 7.50. The highest BCUT2D eigenvalue weighted by Crippen LogP contribution is 2.52. The van der Waals surface area contributed by atoms with Gasteiger partial charge in [0.25, 0.3) is 0 Å². The van der Waals surface area contributed by atoms with Crippen LogP contribution in [0.1, 0.15) is 41.7 Å². The first kappa shape index (κ1) is 19.8. The average molecular weight is 464 g/mol. The minimum absolute atomic E-state index is 0.390. The molecule has 2 aliphatic heterocycles. The fraction of sp³-hybridized carbons (Fsp3) is 0.348. The zero-order valence-corrected chi connectivity index (χ0v) is 19.1. The minimum atomic E-state index is 0.390. The second-order valence-electron chi connectivity index (χ2n) is 8.08. The number of aromatic nitrogens is 1. The maximum Gasteiger partial charge on any atom is 0.0983 e. The van der Waals surface area contributed by atoms with Gasteiger partial charge in [-0.05, 0) is 67.6 Å². The van der Waals surface area contributed by atoms with Crippen LogP contribution in [0.5, 0.6) is 0 Å². The van der Waals surface area contributed by atoms with Crippen molar-refractivity contribution in [1.82, 2.24) is 9.88 Å². The zero-order chi connectivity index (χ0) is 20.1. The summed E-state index contributed by atoms with van der Waals surface area (Å²) >= 11 is 20.3. The van der Waals surface area contributed by atoms with Crippen LogP contribution < -0.4 is 0 Å². The predicted molar refractivity (Wildman–Crippen MR) is 124 cm³/mol. The van der Waals surface area contributed by atoms with Crippen molar-refractivity contribution >= 4 is 46.1 Å². The molecular weight excluding hydrogens is 443 g/mol. The van der Waals surface area contributed by atoms with Gasteiger partial charge in [-0.3, -0.25) is 4.90 Å². The van der Waals surface area contributed by atoms with Crippen LogP contribution in [0.2, 0.25) is 15.1 Å². The second kappa shape index (κ2) is 7.86. The minimum Gasteiger partial charge on any atom is -0.300 e. The molecule has 2 aliphatic rings. The third kappa shape index (κ3) is 3.62. The molecule has 150 valence electrons. The Labute approximate surface area is 190 Å². The molecular formula is C23H21Cl3N2S. The van der Waals surface area contributed by atoms with Gasteiger partial charge in [-0.15, -0.1) is 11.3 Å². The molecule has 2 bridgehead atoms. The lowest BCUT2D eigenvalue weighted by atomic mass is 9.76. The molecule has 3 heterocycles. The van der Waals surface area contributed by atoms with Gasteiger partial charge in [0.2, 0.25) is 0 Å². The Bertz CT molecular complexity index is 1030. The topological polar surface area (TPSA) is 16.1 Å². The van der Waals surface area contributed by atoms with E-state index in [1.165, 1.54) is 29.8 Å². The largest absolute Gasteiger partial charge is 0.300 e. The number of likely N-dealkylation sites (N-methyl/N-ethyl adjacent to an activating group) is 1. The Balaban J connectivity index is 1.53. The Kier molecular flexibility index (Phi) is 5.38. The van der Waals surface area contributed by atoms with Gasteiger partial charge in [-0.25, -0.2) is 4.98 Å². The highest BCUT2D eigenvalue weighted by Gasteiger charge is 2.47. The van der Waals surface area contributed by atoms with Crippen LogP contribution >= 0.6 is 46.1 Å². The molecule has 5 rings (SSSR count). The number of thiazole rings is 1. The molecule has 0 saturated carbocycles. The fourth-order valence-electron chi connectivity index (χ4n) is 5.08. The van der Waals surface area contributed by atoms with Gasteiger partial charge in [-0.1, -0.05) is 53.0 Å². The third-order valence-electron chi connectivity index (χ3n) is 6.58. The van der Waals surface area contributed by atoms with Crippen LogP contribution in [0, 0.1) is 0 Å². The summed E-state index contributed by atoms with van der Waals surface area (Å²) in [6, 6.07) is 15.4. The standard InChI is InChI=1S/C23H21Cl3N2S/c1-28-16-7-9-20(28)22(17(11-16)13-2-5-15(24)6-3-13)23-27-12-21(29-23)14-4-8-18(25)19(26)10-14/h2-6,8,10,12,16-17,20,22H,7,9,11H2,1H3/t16-,17+,20+,22-/m0/s1. The summed E-state index contributed by atoms with van der Waals surface area (Å²) < 4.78 is 0. The van der Waals surface area contributed by atoms with Crippen molar-refractivity contribution < 1.29 is 0 Å². The maximum atomic E-state index is 6.24. The van der Waals surface area contributed by atoms with E-state index in [2.05, 4.69) is 24.1 Å². The van der Waals surface area contributed by atoms with E-state index in [4.69, 9.17) is 39.8 Å². The molecule has 0 aliphatic carbocycles. The fourth-order valence-corrected chi connectivity index (χ4v) is 6.64. The van der Waals surface area contributed by atoms with E-state index < -0.39 is 0 Å². The number of benzene rings is 2. The molecule has 2 aromatic carbocycles. The van der Waals surface area contributed by atoms with Crippen molar-refractivity contribution in [2.24, 2.45) is 0 Å². The van der Waals surface area contributed by atoms with Crippen molar-refractivity contribution in [3.05, 3.63) is 74.3 Å². The Morgan fingerprint density at radius 2 is 1.79 bits per heavy atom. The summed E-state index contributed by atoms with van der Waals surface area (Å²) in [4.78, 5) is 8.62. The summed E-state index contributed by atoms with van der Waals surface area (Å²) in [5.41, 5.74) is 2.44. The average Bonchev–Trinajstić information content (AvgIpc) is 3.27. The Morgan fingerprint density at radius 1 is 1.00 bits per heavy atom. The lowest BCUT2D eigenvalue weighted by molar-refractivity contribution is 0.137. The lowest BCUT2D eigenvalue weighted by Gasteiger charge is -2.42. The van der Waals surface area contributed by atoms with Crippen LogP contribution in [0.25, 0.3) is 10.4 Å². The monoisotopic (exact) mass is 462 g/mol. The van der Waals surface area contributed by atoms with Crippen LogP contribution in [-0.4, -0.2) is 29.0 Å². The second-order valence-corrected chi connectivity index (χ2v) is 10.4. The normalized spacial score (nSPS) is 26.8. The number of piperidine rings is 1. The van der Waals surface area contributed by atoms with Gasteiger partial charge in [-0.2, -0.15) is 0 Å². The highest BCUT2D eigenvalue weighted by atomic mass is 35.5. The van der Waals surface area contributed by atoms with Crippen LogP contribution in [0.15, 0.2) is 48.7 Å². The number of hydrogen-bond acceptors (Lipinski definition) is 3. The zero-order valence-electron chi connectivity index (χ0n) is 16.0. The summed E-state index contributed by atoms with van der Waals surface area (Å²) in [7, 11) is 2.28. The first-order valence-corrected chi connectivity index (χ1v) is 11.8. The lowest BCUT2D eigenvalue weighted by Crippen LogP contribution is -2.44. The van der Waals surface area contributed by atoms with Crippen molar-refractivity contribution in [2.75, 3.05) is 7.05 Å². The van der Waals surface area contributed by atoms with E-state index in [0.29, 0.717) is 34.0 Å². The summed E-state index contributed by atoms with van der Waals surface area (Å²) in [6.07, 6.45) is 5.66. The molecule has 3 aromatic rings. The number of rotatable bonds is 3. The molecule has 2 saturated heterocycles. The van der Waals surface area contributed by atoms with Gasteiger partial charge < -0.3 is 0 Å². The molecule has 2 fully saturated rings. The SMILES string of the molecule is CN1[C@H]2CC[C@@H]1[C@@H](c1ncc(-c3ccc(Cl)c(Cl)c3)s1)[C@@H](c1ccc(Cl)cc1)C2. The van der Waals surface area contributed by atoms with Crippen molar-refractivity contribution in [3.63, 3.8) is 0 Å². The number of nitrogens with zero attached hydrogens (tertiary/aromatic N) is 2. The van der Waals surface area contributed by atoms with E-state index in [9.17, 15) is 0 Å². The van der Waals surface area contributed by atoms with Gasteiger partial charge in [0.15, 0.2) is 0 Å². The van der Waals surface area contributed by atoms with Crippen LogP contribution in [-0.2, 0) is 0 Å². The molecule has 2 nitrogen and oxygen atoms in total. The molecule has 0 spiro atoms. The summed E-state index contributed by atoms with van der Waals surface area (Å²) in [6.45, 7) is 0. The van der Waals surface area contributed by atoms with E-state index in [-0.39, 0.29) is 0 Å².